The van der Waals surface area contributed by atoms with Crippen LogP contribution in [0.5, 0.6) is 5.88 Å². The Morgan fingerprint density at radius 2 is 2.35 bits per heavy atom. The van der Waals surface area contributed by atoms with E-state index in [2.05, 4.69) is 21.4 Å². The summed E-state index contributed by atoms with van der Waals surface area (Å²) in [6.45, 7) is 4.63. The van der Waals surface area contributed by atoms with Gasteiger partial charge in [-0.15, -0.1) is 0 Å². The number of nitrogens with zero attached hydrogens (tertiary/aromatic N) is 3. The predicted molar refractivity (Wildman–Crippen MR) is 81.9 cm³/mol. The number of hydrogen-bond donors (Lipinski definition) is 1. The normalized spacial score (nSPS) is 17.2. The Morgan fingerprint density at radius 3 is 3.20 bits per heavy atom. The van der Waals surface area contributed by atoms with Gasteiger partial charge in [0.25, 0.3) is 0 Å². The fraction of sp³-hybridized carbons (Fsp3) is 0.357. The molecule has 3 rings (SSSR count). The van der Waals surface area contributed by atoms with Crippen molar-refractivity contribution in [1.82, 2.24) is 15.2 Å². The Labute approximate surface area is 123 Å². The summed E-state index contributed by atoms with van der Waals surface area (Å²) in [5, 5.41) is 3.91. The predicted octanol–water partition coefficient (Wildman–Crippen LogP) is 1.51. The van der Waals surface area contributed by atoms with E-state index in [9.17, 15) is 0 Å². The van der Waals surface area contributed by atoms with Crippen molar-refractivity contribution < 1.29 is 4.74 Å². The topological polar surface area (TPSA) is 49.8 Å². The number of thiocarbonyl (C=S) groups is 1. The molecule has 5 nitrogen and oxygen atoms in total. The first-order chi connectivity index (χ1) is 9.78. The lowest BCUT2D eigenvalue weighted by atomic mass is 10.2. The van der Waals surface area contributed by atoms with E-state index in [4.69, 9.17) is 17.0 Å². The maximum atomic E-state index is 5.43. The molecule has 1 aromatic heterocycles. The molecule has 3 heterocycles. The van der Waals surface area contributed by atoms with Crippen LogP contribution in [0.4, 0.5) is 0 Å². The summed E-state index contributed by atoms with van der Waals surface area (Å²) in [5.41, 5.74) is 3.10. The molecule has 0 spiro atoms. The van der Waals surface area contributed by atoms with E-state index in [1.807, 2.05) is 30.0 Å². The first kappa shape index (κ1) is 13.1. The minimum absolute atomic E-state index is 0.613. The molecule has 0 atom stereocenters. The van der Waals surface area contributed by atoms with Crippen LogP contribution in [0.25, 0.3) is 0 Å². The molecule has 1 N–H and O–H groups in total. The van der Waals surface area contributed by atoms with Crippen LogP contribution in [-0.4, -0.2) is 40.4 Å². The Hall–Kier alpha value is -1.95. The molecule has 2 aliphatic rings. The molecule has 1 aromatic rings. The molecule has 1 saturated heterocycles. The molecule has 0 unspecified atom stereocenters. The third-order valence-corrected chi connectivity index (χ3v) is 3.56. The van der Waals surface area contributed by atoms with Gasteiger partial charge in [-0.3, -0.25) is 4.99 Å². The standard InChI is InChI=1S/C14H16N4OS/c1-2-19-13-5-3-4-10(17-13)9-18-12-6-7-15-11(12)8-16-14(18)20/h3-6H,2,7-9H2,1H3,(H,16,20). The quantitative estimate of drug-likeness (QED) is 0.851. The molecular formula is C14H16N4OS. The van der Waals surface area contributed by atoms with Crippen molar-refractivity contribution in [2.24, 2.45) is 4.99 Å². The van der Waals surface area contributed by atoms with Gasteiger partial charge in [0.05, 0.1) is 43.3 Å². The van der Waals surface area contributed by atoms with Crippen LogP contribution in [0.2, 0.25) is 0 Å². The first-order valence-electron chi connectivity index (χ1n) is 6.66. The summed E-state index contributed by atoms with van der Waals surface area (Å²) >= 11 is 5.39. The van der Waals surface area contributed by atoms with E-state index in [1.165, 1.54) is 0 Å². The van der Waals surface area contributed by atoms with Gasteiger partial charge in [-0.2, -0.15) is 0 Å². The largest absolute Gasteiger partial charge is 0.478 e. The number of pyridine rings is 1. The molecule has 104 valence electrons. The second kappa shape index (κ2) is 5.58. The molecule has 0 aromatic carbocycles. The molecule has 0 aliphatic carbocycles. The summed E-state index contributed by atoms with van der Waals surface area (Å²) in [5.74, 6) is 0.648. The summed E-state index contributed by atoms with van der Waals surface area (Å²) in [6, 6.07) is 5.79. The Morgan fingerprint density at radius 1 is 1.45 bits per heavy atom. The first-order valence-corrected chi connectivity index (χ1v) is 7.06. The average molecular weight is 288 g/mol. The van der Waals surface area contributed by atoms with Crippen LogP contribution in [0.3, 0.4) is 0 Å². The summed E-state index contributed by atoms with van der Waals surface area (Å²) in [7, 11) is 0. The van der Waals surface area contributed by atoms with E-state index in [1.54, 1.807) is 0 Å². The lowest BCUT2D eigenvalue weighted by molar-refractivity contribution is 0.324. The number of aliphatic imine (C=N–C) groups is 1. The third kappa shape index (κ3) is 2.51. The molecular weight excluding hydrogens is 272 g/mol. The second-order valence-corrected chi connectivity index (χ2v) is 4.91. The van der Waals surface area contributed by atoms with Crippen molar-refractivity contribution in [2.45, 2.75) is 13.5 Å². The van der Waals surface area contributed by atoms with Gasteiger partial charge in [0.15, 0.2) is 5.11 Å². The van der Waals surface area contributed by atoms with Crippen LogP contribution in [0, 0.1) is 0 Å². The molecule has 6 heteroatoms. The van der Waals surface area contributed by atoms with Crippen LogP contribution < -0.4 is 10.1 Å². The lowest BCUT2D eigenvalue weighted by Gasteiger charge is -2.32. The van der Waals surface area contributed by atoms with Gasteiger partial charge >= 0.3 is 0 Å². The molecule has 0 radical (unpaired) electrons. The molecule has 0 saturated carbocycles. The van der Waals surface area contributed by atoms with E-state index < -0.39 is 0 Å². The highest BCUT2D eigenvalue weighted by atomic mass is 32.1. The van der Waals surface area contributed by atoms with Gasteiger partial charge in [0.1, 0.15) is 0 Å². The van der Waals surface area contributed by atoms with E-state index in [0.29, 0.717) is 25.6 Å². The average Bonchev–Trinajstić information content (AvgIpc) is 2.91. The highest BCUT2D eigenvalue weighted by molar-refractivity contribution is 7.80. The zero-order valence-electron chi connectivity index (χ0n) is 11.3. The summed E-state index contributed by atoms with van der Waals surface area (Å²) in [6.07, 6.45) is 2.11. The van der Waals surface area contributed by atoms with E-state index in [-0.39, 0.29) is 0 Å². The van der Waals surface area contributed by atoms with Crippen molar-refractivity contribution in [2.75, 3.05) is 19.7 Å². The van der Waals surface area contributed by atoms with Crippen LogP contribution >= 0.6 is 12.2 Å². The SMILES string of the molecule is CCOc1cccc(CN2C(=S)NCC3=NCC=C32)n1. The zero-order chi connectivity index (χ0) is 13.9. The second-order valence-electron chi connectivity index (χ2n) is 4.52. The van der Waals surface area contributed by atoms with Crippen molar-refractivity contribution in [3.8, 4) is 5.88 Å². The van der Waals surface area contributed by atoms with Crippen LogP contribution in [0.1, 0.15) is 12.6 Å². The Bertz CT molecular complexity index is 597. The molecule has 1 fully saturated rings. The monoisotopic (exact) mass is 288 g/mol. The summed E-state index contributed by atoms with van der Waals surface area (Å²) in [4.78, 5) is 11.0. The van der Waals surface area contributed by atoms with Crippen molar-refractivity contribution in [3.63, 3.8) is 0 Å². The van der Waals surface area contributed by atoms with Crippen LogP contribution in [-0.2, 0) is 6.54 Å². The highest BCUT2D eigenvalue weighted by Gasteiger charge is 2.27. The zero-order valence-corrected chi connectivity index (χ0v) is 12.1. The van der Waals surface area contributed by atoms with Gasteiger partial charge in [0, 0.05) is 6.07 Å². The number of ether oxygens (including phenoxy) is 1. The number of rotatable bonds is 4. The van der Waals surface area contributed by atoms with E-state index in [0.717, 1.165) is 28.8 Å². The minimum atomic E-state index is 0.613. The molecule has 20 heavy (non-hydrogen) atoms. The van der Waals surface area contributed by atoms with Gasteiger partial charge < -0.3 is 15.0 Å². The highest BCUT2D eigenvalue weighted by Crippen LogP contribution is 2.20. The third-order valence-electron chi connectivity index (χ3n) is 3.20. The fourth-order valence-corrected chi connectivity index (χ4v) is 2.55. The smallest absolute Gasteiger partial charge is 0.213 e. The minimum Gasteiger partial charge on any atom is -0.478 e. The van der Waals surface area contributed by atoms with Gasteiger partial charge in [-0.25, -0.2) is 4.98 Å². The maximum Gasteiger partial charge on any atom is 0.213 e. The number of aromatic nitrogens is 1. The van der Waals surface area contributed by atoms with Gasteiger partial charge in [-0.1, -0.05) is 6.07 Å². The number of hydrogen-bond acceptors (Lipinski definition) is 4. The Balaban J connectivity index is 1.81. The number of nitrogens with one attached hydrogen (secondary N) is 1. The number of fused-ring (bicyclic) bond motifs is 1. The summed E-state index contributed by atoms with van der Waals surface area (Å²) < 4.78 is 5.43. The van der Waals surface area contributed by atoms with Crippen LogP contribution in [0.15, 0.2) is 35.0 Å². The molecule has 2 aliphatic heterocycles. The maximum absolute atomic E-state index is 5.43. The fourth-order valence-electron chi connectivity index (χ4n) is 2.31. The lowest BCUT2D eigenvalue weighted by Crippen LogP contribution is -2.48. The van der Waals surface area contributed by atoms with Crippen molar-refractivity contribution >= 4 is 23.0 Å². The van der Waals surface area contributed by atoms with Gasteiger partial charge in [0.2, 0.25) is 5.88 Å². The van der Waals surface area contributed by atoms with Crippen molar-refractivity contribution in [3.05, 3.63) is 35.7 Å². The van der Waals surface area contributed by atoms with Crippen molar-refractivity contribution in [1.29, 1.82) is 0 Å². The Kier molecular flexibility index (Phi) is 3.64. The van der Waals surface area contributed by atoms with E-state index >= 15 is 0 Å². The molecule has 0 bridgehead atoms. The molecule has 0 amide bonds. The van der Waals surface area contributed by atoms with Gasteiger partial charge in [-0.05, 0) is 31.3 Å².